The topological polar surface area (TPSA) is 54.9 Å². The standard InChI is InChI=1S/C17H25Cl2N3O2/c1-2-20-17(21-7-3-8-24-15-6-9-23-12-15)22-11-13-4-5-14(18)10-16(13)19/h4-5,10,15H,2-3,6-9,11-12H2,1H3,(H2,20,21,22). The third-order valence-corrected chi connectivity index (χ3v) is 4.21. The van der Waals surface area contributed by atoms with Crippen molar-refractivity contribution in [2.24, 2.45) is 4.99 Å². The lowest BCUT2D eigenvalue weighted by Gasteiger charge is -2.13. The molecule has 1 aromatic carbocycles. The van der Waals surface area contributed by atoms with E-state index in [1.54, 1.807) is 6.07 Å². The number of hydrogen-bond acceptors (Lipinski definition) is 3. The molecule has 1 saturated heterocycles. The third kappa shape index (κ3) is 6.85. The van der Waals surface area contributed by atoms with E-state index in [-0.39, 0.29) is 6.10 Å². The molecule has 5 nitrogen and oxygen atoms in total. The van der Waals surface area contributed by atoms with Crippen LogP contribution in [-0.2, 0) is 16.0 Å². The molecule has 0 radical (unpaired) electrons. The first-order valence-corrected chi connectivity index (χ1v) is 9.10. The van der Waals surface area contributed by atoms with Gasteiger partial charge in [-0.05, 0) is 37.5 Å². The largest absolute Gasteiger partial charge is 0.379 e. The van der Waals surface area contributed by atoms with Crippen LogP contribution in [0.25, 0.3) is 0 Å². The molecule has 0 amide bonds. The predicted molar refractivity (Wildman–Crippen MR) is 99.1 cm³/mol. The summed E-state index contributed by atoms with van der Waals surface area (Å²) in [6.45, 7) is 6.40. The van der Waals surface area contributed by atoms with E-state index in [1.165, 1.54) is 0 Å². The summed E-state index contributed by atoms with van der Waals surface area (Å²) in [5.41, 5.74) is 0.947. The fraction of sp³-hybridized carbons (Fsp3) is 0.588. The van der Waals surface area contributed by atoms with E-state index in [0.29, 0.717) is 16.6 Å². The first-order chi connectivity index (χ1) is 11.7. The summed E-state index contributed by atoms with van der Waals surface area (Å²) in [7, 11) is 0. The van der Waals surface area contributed by atoms with Crippen LogP contribution in [0.4, 0.5) is 0 Å². The molecule has 134 valence electrons. The maximum absolute atomic E-state index is 6.18. The number of ether oxygens (including phenoxy) is 2. The number of aliphatic imine (C=N–C) groups is 1. The van der Waals surface area contributed by atoms with Gasteiger partial charge in [0, 0.05) is 36.3 Å². The Morgan fingerprint density at radius 2 is 2.25 bits per heavy atom. The average molecular weight is 374 g/mol. The van der Waals surface area contributed by atoms with E-state index in [4.69, 9.17) is 32.7 Å². The van der Waals surface area contributed by atoms with Gasteiger partial charge in [-0.3, -0.25) is 0 Å². The Hall–Kier alpha value is -1.01. The molecule has 1 aliphatic heterocycles. The lowest BCUT2D eigenvalue weighted by atomic mass is 10.2. The van der Waals surface area contributed by atoms with Gasteiger partial charge in [0.2, 0.25) is 0 Å². The van der Waals surface area contributed by atoms with Crippen LogP contribution in [0.1, 0.15) is 25.3 Å². The zero-order valence-corrected chi connectivity index (χ0v) is 15.5. The van der Waals surface area contributed by atoms with Gasteiger partial charge in [0.25, 0.3) is 0 Å². The maximum Gasteiger partial charge on any atom is 0.191 e. The fourth-order valence-corrected chi connectivity index (χ4v) is 2.80. The Kier molecular flexibility index (Phi) is 8.67. The van der Waals surface area contributed by atoms with Gasteiger partial charge < -0.3 is 20.1 Å². The fourth-order valence-electron chi connectivity index (χ4n) is 2.33. The SMILES string of the molecule is CCNC(=NCc1ccc(Cl)cc1Cl)NCCCOC1CCOC1. The highest BCUT2D eigenvalue weighted by Crippen LogP contribution is 2.21. The molecule has 1 heterocycles. The number of halogens is 2. The highest BCUT2D eigenvalue weighted by molar-refractivity contribution is 6.35. The summed E-state index contributed by atoms with van der Waals surface area (Å²) in [5, 5.41) is 7.79. The zero-order chi connectivity index (χ0) is 17.2. The van der Waals surface area contributed by atoms with Crippen molar-refractivity contribution < 1.29 is 9.47 Å². The summed E-state index contributed by atoms with van der Waals surface area (Å²) < 4.78 is 11.0. The van der Waals surface area contributed by atoms with Gasteiger partial charge in [-0.25, -0.2) is 4.99 Å². The van der Waals surface area contributed by atoms with Gasteiger partial charge >= 0.3 is 0 Å². The van der Waals surface area contributed by atoms with Crippen molar-refractivity contribution in [3.05, 3.63) is 33.8 Å². The molecular weight excluding hydrogens is 349 g/mol. The molecule has 7 heteroatoms. The molecule has 1 fully saturated rings. The number of nitrogens with zero attached hydrogens (tertiary/aromatic N) is 1. The highest BCUT2D eigenvalue weighted by atomic mass is 35.5. The minimum Gasteiger partial charge on any atom is -0.379 e. The Morgan fingerprint density at radius 3 is 2.96 bits per heavy atom. The Labute approximate surface area is 153 Å². The molecule has 2 rings (SSSR count). The molecule has 24 heavy (non-hydrogen) atoms. The number of benzene rings is 1. The van der Waals surface area contributed by atoms with E-state index >= 15 is 0 Å². The third-order valence-electron chi connectivity index (χ3n) is 3.62. The van der Waals surface area contributed by atoms with Crippen molar-refractivity contribution >= 4 is 29.2 Å². The van der Waals surface area contributed by atoms with Crippen molar-refractivity contribution in [1.29, 1.82) is 0 Å². The van der Waals surface area contributed by atoms with Crippen LogP contribution >= 0.6 is 23.2 Å². The van der Waals surface area contributed by atoms with Gasteiger partial charge in [-0.15, -0.1) is 0 Å². The van der Waals surface area contributed by atoms with Crippen molar-refractivity contribution in [2.75, 3.05) is 32.9 Å². The summed E-state index contributed by atoms with van der Waals surface area (Å²) in [6, 6.07) is 5.45. The molecule has 1 aromatic rings. The van der Waals surface area contributed by atoms with Gasteiger partial charge in [-0.2, -0.15) is 0 Å². The highest BCUT2D eigenvalue weighted by Gasteiger charge is 2.15. The molecule has 0 spiro atoms. The smallest absolute Gasteiger partial charge is 0.191 e. The van der Waals surface area contributed by atoms with Gasteiger partial charge in [0.15, 0.2) is 5.96 Å². The maximum atomic E-state index is 6.18. The van der Waals surface area contributed by atoms with E-state index in [9.17, 15) is 0 Å². The van der Waals surface area contributed by atoms with Crippen LogP contribution < -0.4 is 10.6 Å². The number of nitrogens with one attached hydrogen (secondary N) is 2. The van der Waals surface area contributed by atoms with Crippen LogP contribution in [-0.4, -0.2) is 45.0 Å². The zero-order valence-electron chi connectivity index (χ0n) is 14.0. The van der Waals surface area contributed by atoms with Crippen LogP contribution in [0.3, 0.4) is 0 Å². The number of guanidine groups is 1. The van der Waals surface area contributed by atoms with Gasteiger partial charge in [-0.1, -0.05) is 29.3 Å². The lowest BCUT2D eigenvalue weighted by molar-refractivity contribution is 0.0420. The average Bonchev–Trinajstić information content (AvgIpc) is 3.07. The normalized spacial score (nSPS) is 18.0. The molecule has 2 N–H and O–H groups in total. The molecule has 1 unspecified atom stereocenters. The Bertz CT molecular complexity index is 535. The summed E-state index contributed by atoms with van der Waals surface area (Å²) in [6.07, 6.45) is 2.18. The van der Waals surface area contributed by atoms with E-state index in [1.807, 2.05) is 19.1 Å². The minimum atomic E-state index is 0.263. The second kappa shape index (κ2) is 10.8. The Balaban J connectivity index is 1.73. The summed E-state index contributed by atoms with van der Waals surface area (Å²) in [4.78, 5) is 4.56. The molecule has 0 aromatic heterocycles. The van der Waals surface area contributed by atoms with Gasteiger partial charge in [0.1, 0.15) is 0 Å². The quantitative estimate of drug-likeness (QED) is 0.417. The second-order valence-corrected chi connectivity index (χ2v) is 6.41. The van der Waals surface area contributed by atoms with Crippen molar-refractivity contribution in [1.82, 2.24) is 10.6 Å². The van der Waals surface area contributed by atoms with Gasteiger partial charge in [0.05, 0.1) is 19.3 Å². The molecule has 0 bridgehead atoms. The molecular formula is C17H25Cl2N3O2. The molecule has 0 aliphatic carbocycles. The monoisotopic (exact) mass is 373 g/mol. The van der Waals surface area contributed by atoms with E-state index in [2.05, 4.69) is 15.6 Å². The van der Waals surface area contributed by atoms with Crippen LogP contribution in [0.2, 0.25) is 10.0 Å². The van der Waals surface area contributed by atoms with Crippen molar-refractivity contribution in [3.63, 3.8) is 0 Å². The second-order valence-electron chi connectivity index (χ2n) is 5.57. The minimum absolute atomic E-state index is 0.263. The molecule has 0 saturated carbocycles. The molecule has 1 aliphatic rings. The van der Waals surface area contributed by atoms with Crippen LogP contribution in [0.5, 0.6) is 0 Å². The Morgan fingerprint density at radius 1 is 1.38 bits per heavy atom. The molecule has 1 atom stereocenters. The summed E-state index contributed by atoms with van der Waals surface area (Å²) >= 11 is 12.1. The lowest BCUT2D eigenvalue weighted by Crippen LogP contribution is -2.38. The van der Waals surface area contributed by atoms with Crippen molar-refractivity contribution in [2.45, 2.75) is 32.4 Å². The van der Waals surface area contributed by atoms with E-state index < -0.39 is 0 Å². The predicted octanol–water partition coefficient (Wildman–Crippen LogP) is 3.24. The first-order valence-electron chi connectivity index (χ1n) is 8.34. The van der Waals surface area contributed by atoms with Crippen molar-refractivity contribution in [3.8, 4) is 0 Å². The first kappa shape index (κ1) is 19.3. The number of rotatable bonds is 8. The van der Waals surface area contributed by atoms with Crippen LogP contribution in [0.15, 0.2) is 23.2 Å². The number of hydrogen-bond donors (Lipinski definition) is 2. The van der Waals surface area contributed by atoms with Crippen LogP contribution in [0, 0.1) is 0 Å². The summed E-state index contributed by atoms with van der Waals surface area (Å²) in [5.74, 6) is 0.771. The van der Waals surface area contributed by atoms with E-state index in [0.717, 1.165) is 57.3 Å².